The van der Waals surface area contributed by atoms with E-state index in [-0.39, 0.29) is 28.8 Å². The van der Waals surface area contributed by atoms with Crippen LogP contribution >= 0.6 is 0 Å². The zero-order valence-corrected chi connectivity index (χ0v) is 12.2. The molecule has 0 amide bonds. The van der Waals surface area contributed by atoms with Crippen molar-refractivity contribution in [1.29, 1.82) is 0 Å². The van der Waals surface area contributed by atoms with Crippen LogP contribution in [0.2, 0.25) is 0 Å². The summed E-state index contributed by atoms with van der Waals surface area (Å²) in [6.45, 7) is 0. The van der Waals surface area contributed by atoms with Crippen molar-refractivity contribution in [1.82, 2.24) is 19.9 Å². The van der Waals surface area contributed by atoms with Crippen LogP contribution in [0.5, 0.6) is 0 Å². The van der Waals surface area contributed by atoms with Gasteiger partial charge >= 0.3 is 0 Å². The number of rotatable bonds is 4. The SMILES string of the molecule is C[S@](=O)Cc1noc(-c2ccn(-c3c(F)cccc3F)n2)n1. The summed E-state index contributed by atoms with van der Waals surface area (Å²) in [4.78, 5) is 4.04. The molecule has 2 aromatic heterocycles. The van der Waals surface area contributed by atoms with Crippen molar-refractivity contribution < 1.29 is 17.5 Å². The zero-order chi connectivity index (χ0) is 15.7. The maximum Gasteiger partial charge on any atom is 0.278 e. The van der Waals surface area contributed by atoms with Crippen LogP contribution in [0.4, 0.5) is 8.78 Å². The normalized spacial score (nSPS) is 12.5. The van der Waals surface area contributed by atoms with Gasteiger partial charge in [0.05, 0.1) is 5.75 Å². The largest absolute Gasteiger partial charge is 0.332 e. The van der Waals surface area contributed by atoms with Crippen molar-refractivity contribution in [3.8, 4) is 17.3 Å². The van der Waals surface area contributed by atoms with Crippen molar-refractivity contribution in [2.24, 2.45) is 0 Å². The first-order valence-corrected chi connectivity index (χ1v) is 7.90. The molecule has 0 saturated heterocycles. The average molecular weight is 324 g/mol. The summed E-state index contributed by atoms with van der Waals surface area (Å²) in [5.41, 5.74) is -0.0218. The molecule has 0 bridgehead atoms. The van der Waals surface area contributed by atoms with E-state index in [0.29, 0.717) is 0 Å². The summed E-state index contributed by atoms with van der Waals surface area (Å²) in [7, 11) is -1.10. The fourth-order valence-electron chi connectivity index (χ4n) is 1.87. The monoisotopic (exact) mass is 324 g/mol. The minimum absolute atomic E-state index is 0.0935. The summed E-state index contributed by atoms with van der Waals surface area (Å²) in [6, 6.07) is 5.04. The molecule has 0 fully saturated rings. The van der Waals surface area contributed by atoms with Crippen LogP contribution in [-0.4, -0.2) is 30.4 Å². The van der Waals surface area contributed by atoms with Crippen LogP contribution in [0.25, 0.3) is 17.3 Å². The van der Waals surface area contributed by atoms with Gasteiger partial charge in [-0.25, -0.2) is 13.5 Å². The van der Waals surface area contributed by atoms with E-state index in [9.17, 15) is 13.0 Å². The molecule has 22 heavy (non-hydrogen) atoms. The first kappa shape index (κ1) is 14.5. The molecule has 0 radical (unpaired) electrons. The molecular formula is C13H10F2N4O2S. The molecule has 6 nitrogen and oxygen atoms in total. The molecule has 1 atom stereocenters. The standard InChI is InChI=1S/C13H10F2N4O2S/c1-22(20)7-11-16-13(21-18-11)10-5-6-19(17-10)12-8(14)3-2-4-9(12)15/h2-6H,7H2,1H3/t22-/m0/s1. The van der Waals surface area contributed by atoms with E-state index in [4.69, 9.17) is 4.52 Å². The Balaban J connectivity index is 1.94. The summed E-state index contributed by atoms with van der Waals surface area (Å²) in [5, 5.41) is 7.70. The van der Waals surface area contributed by atoms with E-state index in [1.807, 2.05) is 0 Å². The molecule has 2 heterocycles. The van der Waals surface area contributed by atoms with E-state index in [1.54, 1.807) is 0 Å². The van der Waals surface area contributed by atoms with Gasteiger partial charge in [0.15, 0.2) is 23.2 Å². The molecule has 0 aliphatic carbocycles. The van der Waals surface area contributed by atoms with E-state index >= 15 is 0 Å². The lowest BCUT2D eigenvalue weighted by Crippen LogP contribution is -2.02. The van der Waals surface area contributed by atoms with Crippen LogP contribution < -0.4 is 0 Å². The Morgan fingerprint density at radius 1 is 1.27 bits per heavy atom. The predicted octanol–water partition coefficient (Wildman–Crippen LogP) is 2.08. The van der Waals surface area contributed by atoms with E-state index in [2.05, 4.69) is 15.2 Å². The molecule has 114 valence electrons. The van der Waals surface area contributed by atoms with E-state index < -0.39 is 22.4 Å². The summed E-state index contributed by atoms with van der Waals surface area (Å²) >= 11 is 0. The maximum atomic E-state index is 13.7. The van der Waals surface area contributed by atoms with Gasteiger partial charge in [0.2, 0.25) is 0 Å². The number of aromatic nitrogens is 4. The number of halogens is 2. The van der Waals surface area contributed by atoms with Gasteiger partial charge in [-0.05, 0) is 18.2 Å². The fourth-order valence-corrected chi connectivity index (χ4v) is 2.35. The van der Waals surface area contributed by atoms with Crippen LogP contribution in [-0.2, 0) is 16.6 Å². The Kier molecular flexibility index (Phi) is 3.80. The highest BCUT2D eigenvalue weighted by atomic mass is 32.2. The van der Waals surface area contributed by atoms with Crippen molar-refractivity contribution in [2.45, 2.75) is 5.75 Å². The number of hydrogen-bond donors (Lipinski definition) is 0. The Hall–Kier alpha value is -2.42. The van der Waals surface area contributed by atoms with Gasteiger partial charge in [0.25, 0.3) is 5.89 Å². The fraction of sp³-hybridized carbons (Fsp3) is 0.154. The molecule has 0 saturated carbocycles. The van der Waals surface area contributed by atoms with E-state index in [1.165, 1.54) is 24.6 Å². The highest BCUT2D eigenvalue weighted by molar-refractivity contribution is 7.83. The molecule has 1 aromatic carbocycles. The molecule has 0 unspecified atom stereocenters. The Bertz CT molecular complexity index is 826. The van der Waals surface area contributed by atoms with Crippen LogP contribution in [0.1, 0.15) is 5.82 Å². The van der Waals surface area contributed by atoms with Gasteiger partial charge in [-0.3, -0.25) is 4.21 Å². The average Bonchev–Trinajstić information content (AvgIpc) is 3.07. The Morgan fingerprint density at radius 3 is 2.68 bits per heavy atom. The van der Waals surface area contributed by atoms with Crippen molar-refractivity contribution in [2.75, 3.05) is 6.26 Å². The number of hydrogen-bond acceptors (Lipinski definition) is 5. The quantitative estimate of drug-likeness (QED) is 0.734. The second kappa shape index (κ2) is 5.76. The van der Waals surface area contributed by atoms with E-state index in [0.717, 1.165) is 16.8 Å². The molecule has 3 rings (SSSR count). The molecule has 3 aromatic rings. The molecule has 0 spiro atoms. The number of nitrogens with zero attached hydrogens (tertiary/aromatic N) is 4. The van der Waals surface area contributed by atoms with Gasteiger partial charge in [0, 0.05) is 23.3 Å². The highest BCUT2D eigenvalue weighted by Crippen LogP contribution is 2.20. The topological polar surface area (TPSA) is 73.8 Å². The van der Waals surface area contributed by atoms with Gasteiger partial charge < -0.3 is 4.52 Å². The second-order valence-corrected chi connectivity index (χ2v) is 5.88. The molecule has 0 aliphatic rings. The van der Waals surface area contributed by atoms with Gasteiger partial charge in [-0.2, -0.15) is 10.1 Å². The smallest absolute Gasteiger partial charge is 0.278 e. The first-order chi connectivity index (χ1) is 10.5. The van der Waals surface area contributed by atoms with Gasteiger partial charge in [-0.15, -0.1) is 0 Å². The summed E-state index contributed by atoms with van der Waals surface area (Å²) in [6.07, 6.45) is 2.91. The van der Waals surface area contributed by atoms with Crippen LogP contribution in [0.15, 0.2) is 35.0 Å². The molecular weight excluding hydrogens is 314 g/mol. The second-order valence-electron chi connectivity index (χ2n) is 4.45. The predicted molar refractivity (Wildman–Crippen MR) is 74.5 cm³/mol. The van der Waals surface area contributed by atoms with Crippen LogP contribution in [0, 0.1) is 11.6 Å². The summed E-state index contributed by atoms with van der Waals surface area (Å²) in [5.74, 6) is -0.936. The number of para-hydroxylation sites is 1. The first-order valence-electron chi connectivity index (χ1n) is 6.17. The van der Waals surface area contributed by atoms with Gasteiger partial charge in [-0.1, -0.05) is 11.2 Å². The third-order valence-electron chi connectivity index (χ3n) is 2.78. The lowest BCUT2D eigenvalue weighted by atomic mass is 10.3. The number of benzene rings is 1. The molecule has 0 aliphatic heterocycles. The lowest BCUT2D eigenvalue weighted by Gasteiger charge is -2.03. The third kappa shape index (κ3) is 2.80. The zero-order valence-electron chi connectivity index (χ0n) is 11.4. The Labute approximate surface area is 126 Å². The van der Waals surface area contributed by atoms with Crippen molar-refractivity contribution >= 4 is 10.8 Å². The van der Waals surface area contributed by atoms with Gasteiger partial charge in [0.1, 0.15) is 5.69 Å². The van der Waals surface area contributed by atoms with Crippen molar-refractivity contribution in [3.05, 3.63) is 47.9 Å². The highest BCUT2D eigenvalue weighted by Gasteiger charge is 2.16. The minimum atomic E-state index is -1.10. The summed E-state index contributed by atoms with van der Waals surface area (Å²) < 4.78 is 44.6. The third-order valence-corrected chi connectivity index (χ3v) is 3.44. The maximum absolute atomic E-state index is 13.7. The Morgan fingerprint density at radius 2 is 2.00 bits per heavy atom. The van der Waals surface area contributed by atoms with Crippen LogP contribution in [0.3, 0.4) is 0 Å². The lowest BCUT2D eigenvalue weighted by molar-refractivity contribution is 0.423. The van der Waals surface area contributed by atoms with Crippen molar-refractivity contribution in [3.63, 3.8) is 0 Å². The molecule has 0 N–H and O–H groups in total. The minimum Gasteiger partial charge on any atom is -0.332 e. The molecule has 9 heteroatoms.